The molecule has 0 spiro atoms. The molecule has 1 heterocycles. The fraction of sp³-hybridized carbons (Fsp3) is 0.0769. The van der Waals surface area contributed by atoms with Gasteiger partial charge in [-0.05, 0) is 56.3 Å². The number of carbonyl (C=O) groups excluding carboxylic acids is 2. The Balaban J connectivity index is 1.69. The molecule has 0 fully saturated rings. The molecule has 5 nitrogen and oxygen atoms in total. The molecule has 1 unspecified atom stereocenters. The van der Waals surface area contributed by atoms with E-state index in [9.17, 15) is 9.59 Å². The average Bonchev–Trinajstić information content (AvgIpc) is 2.78. The zero-order valence-corrected chi connectivity index (χ0v) is 18.4. The van der Waals surface area contributed by atoms with Gasteiger partial charge >= 0.3 is 11.9 Å². The first-order valence-corrected chi connectivity index (χ1v) is 11.3. The van der Waals surface area contributed by atoms with Gasteiger partial charge in [-0.2, -0.15) is 0 Å². The number of fused-ring (bicyclic) bond motifs is 2. The van der Waals surface area contributed by atoms with Crippen molar-refractivity contribution in [3.8, 4) is 23.0 Å². The van der Waals surface area contributed by atoms with Crippen molar-refractivity contribution in [1.29, 1.82) is 0 Å². The summed E-state index contributed by atoms with van der Waals surface area (Å²) in [5.74, 6) is 1.44. The molecule has 3 aromatic carbocycles. The topological polar surface area (TPSA) is 61.8 Å². The van der Waals surface area contributed by atoms with E-state index in [0.29, 0.717) is 17.2 Å². The van der Waals surface area contributed by atoms with Gasteiger partial charge in [0.05, 0.1) is 0 Å². The van der Waals surface area contributed by atoms with Crippen LogP contribution in [0.5, 0.6) is 23.0 Å². The number of hydrogen-bond acceptors (Lipinski definition) is 5. The molecular weight excluding hydrogens is 424 g/mol. The number of hydrogen-bond donors (Lipinski definition) is 0. The number of allylic oxidation sites excluding steroid dienone is 2. The predicted octanol–water partition coefficient (Wildman–Crippen LogP) is 5.85. The van der Waals surface area contributed by atoms with Crippen LogP contribution in [0, 0.1) is 0 Å². The van der Waals surface area contributed by atoms with E-state index in [0.717, 1.165) is 20.4 Å². The first kappa shape index (κ1) is 21.5. The third-order valence-corrected chi connectivity index (χ3v) is 6.82. The lowest BCUT2D eigenvalue weighted by molar-refractivity contribution is -0.129. The molecule has 160 valence electrons. The first-order chi connectivity index (χ1) is 15.6. The molecule has 0 aromatic heterocycles. The normalized spacial score (nSPS) is 14.5. The summed E-state index contributed by atoms with van der Waals surface area (Å²) in [6.07, 6.45) is 6.01. The third-order valence-electron chi connectivity index (χ3n) is 4.53. The van der Waals surface area contributed by atoms with Crippen LogP contribution in [0.15, 0.2) is 106 Å². The highest BCUT2D eigenvalue weighted by Gasteiger charge is 2.39. The van der Waals surface area contributed by atoms with Gasteiger partial charge in [0.25, 0.3) is 0 Å². The Hall–Kier alpha value is -3.77. The minimum atomic E-state index is -0.441. The van der Waals surface area contributed by atoms with Crippen LogP contribution < -0.4 is 14.2 Å². The fourth-order valence-corrected chi connectivity index (χ4v) is 5.40. The van der Waals surface area contributed by atoms with Crippen molar-refractivity contribution < 1.29 is 23.8 Å². The standard InChI is InChI=1S/C26H21O5S/c1-3-7-25(27)29-18-11-14-20(15-12-18)32-23-10-6-5-9-21(23)31-22-17-19(13-16-24(22)32)30-26(28)8-4-2/h3-17H,1-2H3/q+1/b7-3+,8-4+. The van der Waals surface area contributed by atoms with Crippen molar-refractivity contribution in [1.82, 2.24) is 0 Å². The molecule has 32 heavy (non-hydrogen) atoms. The second-order valence-corrected chi connectivity index (χ2v) is 8.74. The highest BCUT2D eigenvalue weighted by Crippen LogP contribution is 2.48. The molecule has 1 aliphatic heterocycles. The van der Waals surface area contributed by atoms with E-state index in [4.69, 9.17) is 14.2 Å². The monoisotopic (exact) mass is 445 g/mol. The van der Waals surface area contributed by atoms with Crippen LogP contribution in [0.25, 0.3) is 0 Å². The Morgan fingerprint density at radius 3 is 2.03 bits per heavy atom. The molecule has 6 heteroatoms. The zero-order chi connectivity index (χ0) is 22.5. The van der Waals surface area contributed by atoms with E-state index in [1.807, 2.05) is 42.5 Å². The molecule has 0 bridgehead atoms. The van der Waals surface area contributed by atoms with Gasteiger partial charge in [0, 0.05) is 24.3 Å². The third kappa shape index (κ3) is 4.60. The van der Waals surface area contributed by atoms with Crippen LogP contribution in [0.4, 0.5) is 0 Å². The summed E-state index contributed by atoms with van der Waals surface area (Å²) in [6.45, 7) is 3.52. The van der Waals surface area contributed by atoms with E-state index < -0.39 is 22.8 Å². The van der Waals surface area contributed by atoms with E-state index in [1.54, 1.807) is 50.3 Å². The zero-order valence-electron chi connectivity index (χ0n) is 17.6. The summed E-state index contributed by atoms with van der Waals surface area (Å²) in [7, 11) is -0.441. The molecule has 0 amide bonds. The maximum absolute atomic E-state index is 11.8. The van der Waals surface area contributed by atoms with Crippen LogP contribution >= 0.6 is 0 Å². The molecular formula is C26H21O5S+. The van der Waals surface area contributed by atoms with Crippen LogP contribution in [0.3, 0.4) is 0 Å². The number of rotatable bonds is 5. The lowest BCUT2D eigenvalue weighted by Gasteiger charge is -2.20. The summed E-state index contributed by atoms with van der Waals surface area (Å²) in [4.78, 5) is 26.6. The number of esters is 2. The van der Waals surface area contributed by atoms with Crippen molar-refractivity contribution >= 4 is 22.8 Å². The average molecular weight is 446 g/mol. The highest BCUT2D eigenvalue weighted by atomic mass is 32.2. The number of benzene rings is 3. The summed E-state index contributed by atoms with van der Waals surface area (Å²) in [6, 6.07) is 20.8. The Labute approximate surface area is 189 Å². The molecule has 4 rings (SSSR count). The highest BCUT2D eigenvalue weighted by molar-refractivity contribution is 7.97. The number of carbonyl (C=O) groups is 2. The van der Waals surface area contributed by atoms with E-state index >= 15 is 0 Å². The Morgan fingerprint density at radius 1 is 0.750 bits per heavy atom. The maximum atomic E-state index is 11.8. The molecule has 0 saturated heterocycles. The van der Waals surface area contributed by atoms with Gasteiger partial charge in [-0.15, -0.1) is 0 Å². The van der Waals surface area contributed by atoms with Gasteiger partial charge in [-0.3, -0.25) is 0 Å². The smallest absolute Gasteiger partial charge is 0.335 e. The molecule has 1 atom stereocenters. The van der Waals surface area contributed by atoms with Crippen LogP contribution in [0.2, 0.25) is 0 Å². The molecule has 3 aromatic rings. The lowest BCUT2D eigenvalue weighted by atomic mass is 10.3. The Morgan fingerprint density at radius 2 is 1.34 bits per heavy atom. The van der Waals surface area contributed by atoms with Crippen LogP contribution in [-0.4, -0.2) is 11.9 Å². The second kappa shape index (κ2) is 9.58. The maximum Gasteiger partial charge on any atom is 0.335 e. The Kier molecular flexibility index (Phi) is 6.42. The second-order valence-electron chi connectivity index (χ2n) is 6.78. The minimum absolute atomic E-state index is 0.413. The van der Waals surface area contributed by atoms with Crippen molar-refractivity contribution in [2.45, 2.75) is 28.5 Å². The van der Waals surface area contributed by atoms with Gasteiger partial charge in [-0.1, -0.05) is 24.3 Å². The molecule has 0 saturated carbocycles. The summed E-state index contributed by atoms with van der Waals surface area (Å²) in [5, 5.41) is 0. The summed E-state index contributed by atoms with van der Waals surface area (Å²) in [5.41, 5.74) is 0. The van der Waals surface area contributed by atoms with Gasteiger partial charge in [0.1, 0.15) is 22.4 Å². The van der Waals surface area contributed by atoms with Crippen molar-refractivity contribution in [2.75, 3.05) is 0 Å². The molecule has 0 radical (unpaired) electrons. The van der Waals surface area contributed by atoms with E-state index in [-0.39, 0.29) is 0 Å². The fourth-order valence-electron chi connectivity index (χ4n) is 3.21. The molecule has 0 aliphatic carbocycles. The van der Waals surface area contributed by atoms with E-state index in [1.165, 1.54) is 12.2 Å². The lowest BCUT2D eigenvalue weighted by Crippen LogP contribution is -2.13. The Bertz CT molecular complexity index is 1210. The number of ether oxygens (including phenoxy) is 3. The first-order valence-electron chi connectivity index (χ1n) is 10.0. The van der Waals surface area contributed by atoms with Gasteiger partial charge < -0.3 is 14.2 Å². The van der Waals surface area contributed by atoms with Crippen LogP contribution in [-0.2, 0) is 20.5 Å². The largest absolute Gasteiger partial charge is 0.447 e. The number of para-hydroxylation sites is 1. The SMILES string of the molecule is C/C=C/C(=O)Oc1ccc([S+]2c3ccccc3Oc3cc(OC(=O)/C=C/C)ccc32)cc1. The van der Waals surface area contributed by atoms with Crippen molar-refractivity contribution in [3.05, 3.63) is 91.0 Å². The minimum Gasteiger partial charge on any atom is -0.447 e. The van der Waals surface area contributed by atoms with E-state index in [2.05, 4.69) is 0 Å². The molecule has 1 aliphatic rings. The van der Waals surface area contributed by atoms with Crippen molar-refractivity contribution in [3.63, 3.8) is 0 Å². The predicted molar refractivity (Wildman–Crippen MR) is 122 cm³/mol. The molecule has 0 N–H and O–H groups in total. The van der Waals surface area contributed by atoms with Crippen molar-refractivity contribution in [2.24, 2.45) is 0 Å². The summed E-state index contributed by atoms with van der Waals surface area (Å²) >= 11 is 0. The van der Waals surface area contributed by atoms with Gasteiger partial charge in [0.2, 0.25) is 9.79 Å². The summed E-state index contributed by atoms with van der Waals surface area (Å²) < 4.78 is 16.8. The van der Waals surface area contributed by atoms with Gasteiger partial charge in [0.15, 0.2) is 16.4 Å². The quantitative estimate of drug-likeness (QED) is 0.167. The van der Waals surface area contributed by atoms with Gasteiger partial charge in [-0.25, -0.2) is 9.59 Å². The van der Waals surface area contributed by atoms with Crippen LogP contribution in [0.1, 0.15) is 13.8 Å².